The van der Waals surface area contributed by atoms with Gasteiger partial charge in [0.2, 0.25) is 0 Å². The predicted octanol–water partition coefficient (Wildman–Crippen LogP) is 1.34. The topological polar surface area (TPSA) is 26.0 Å². The molecule has 1 aliphatic carbocycles. The maximum atomic E-state index is 5.68. The van der Waals surface area contributed by atoms with E-state index in [9.17, 15) is 0 Å². The van der Waals surface area contributed by atoms with E-state index < -0.39 is 0 Å². The molecule has 0 aromatic rings. The van der Waals surface area contributed by atoms with Gasteiger partial charge in [-0.25, -0.2) is 0 Å². The van der Waals surface area contributed by atoms with Gasteiger partial charge < -0.3 is 5.73 Å². The lowest BCUT2D eigenvalue weighted by Crippen LogP contribution is -2.23. The van der Waals surface area contributed by atoms with Crippen LogP contribution < -0.4 is 5.73 Å². The number of nitrogens with two attached hydrogens (primary N) is 1. The molecule has 0 saturated heterocycles. The van der Waals surface area contributed by atoms with Crippen molar-refractivity contribution in [3.05, 3.63) is 6.42 Å². The van der Waals surface area contributed by atoms with Gasteiger partial charge in [0, 0.05) is 6.04 Å². The van der Waals surface area contributed by atoms with E-state index in [1.54, 1.807) is 0 Å². The first kappa shape index (κ1) is 6.09. The van der Waals surface area contributed by atoms with Crippen molar-refractivity contribution in [2.75, 3.05) is 0 Å². The molecule has 47 valence electrons. The highest BCUT2D eigenvalue weighted by Gasteiger charge is 2.17. The number of hydrogen-bond donors (Lipinski definition) is 1. The van der Waals surface area contributed by atoms with Crippen LogP contribution in [0, 0.1) is 12.3 Å². The van der Waals surface area contributed by atoms with E-state index >= 15 is 0 Å². The summed E-state index contributed by atoms with van der Waals surface area (Å²) in [6.45, 7) is 2.10. The molecule has 2 unspecified atom stereocenters. The summed E-state index contributed by atoms with van der Waals surface area (Å²) in [4.78, 5) is 0. The molecule has 2 N–H and O–H groups in total. The van der Waals surface area contributed by atoms with Crippen molar-refractivity contribution in [1.29, 1.82) is 0 Å². The smallest absolute Gasteiger partial charge is 0.00388 e. The van der Waals surface area contributed by atoms with Gasteiger partial charge in [-0.3, -0.25) is 0 Å². The molecule has 0 aliphatic heterocycles. The number of rotatable bonds is 1. The van der Waals surface area contributed by atoms with E-state index in [-0.39, 0.29) is 0 Å². The Labute approximate surface area is 51.3 Å². The first-order valence-corrected chi connectivity index (χ1v) is 3.38. The molecule has 0 amide bonds. The van der Waals surface area contributed by atoms with E-state index in [0.29, 0.717) is 6.04 Å². The van der Waals surface area contributed by atoms with Crippen molar-refractivity contribution in [3.63, 3.8) is 0 Å². The molecule has 2 atom stereocenters. The maximum Gasteiger partial charge on any atom is 0.00388 e. The Kier molecular flexibility index (Phi) is 1.90. The lowest BCUT2D eigenvalue weighted by atomic mass is 10.0. The molecule has 1 heteroatoms. The quantitative estimate of drug-likeness (QED) is 0.544. The fraction of sp³-hybridized carbons (Fsp3) is 0.857. The molecule has 0 aromatic carbocycles. The molecule has 0 aromatic heterocycles. The zero-order valence-electron chi connectivity index (χ0n) is 5.43. The van der Waals surface area contributed by atoms with Crippen LogP contribution in [-0.4, -0.2) is 6.04 Å². The normalized spacial score (nSPS) is 26.2. The van der Waals surface area contributed by atoms with Crippen molar-refractivity contribution < 1.29 is 0 Å². The van der Waals surface area contributed by atoms with Crippen LogP contribution in [0.4, 0.5) is 0 Å². The Morgan fingerprint density at radius 3 is 2.75 bits per heavy atom. The van der Waals surface area contributed by atoms with Gasteiger partial charge in [-0.05, 0) is 38.5 Å². The standard InChI is InChI=1S/C7H14N/c1-6(8)7-4-2-3-5-7/h2,6-7H,3-5,8H2,1H3. The fourth-order valence-electron chi connectivity index (χ4n) is 1.26. The Morgan fingerprint density at radius 2 is 2.50 bits per heavy atom. The summed E-state index contributed by atoms with van der Waals surface area (Å²) in [7, 11) is 0. The van der Waals surface area contributed by atoms with E-state index in [0.717, 1.165) is 5.92 Å². The van der Waals surface area contributed by atoms with Crippen molar-refractivity contribution in [3.8, 4) is 0 Å². The molecule has 0 bridgehead atoms. The summed E-state index contributed by atoms with van der Waals surface area (Å²) >= 11 is 0. The average molecular weight is 112 g/mol. The van der Waals surface area contributed by atoms with Crippen LogP contribution in [0.2, 0.25) is 0 Å². The second-order valence-corrected chi connectivity index (χ2v) is 2.72. The Bertz CT molecular complexity index is 62.8. The van der Waals surface area contributed by atoms with Crippen molar-refractivity contribution in [1.82, 2.24) is 0 Å². The second kappa shape index (κ2) is 2.49. The van der Waals surface area contributed by atoms with E-state index in [2.05, 4.69) is 13.3 Å². The molecular formula is C7H14N. The predicted molar refractivity (Wildman–Crippen MR) is 35.3 cm³/mol. The molecule has 1 nitrogen and oxygen atoms in total. The Hall–Kier alpha value is -0.0400. The summed E-state index contributed by atoms with van der Waals surface area (Å²) < 4.78 is 0. The van der Waals surface area contributed by atoms with E-state index in [4.69, 9.17) is 5.73 Å². The van der Waals surface area contributed by atoms with Crippen molar-refractivity contribution in [2.45, 2.75) is 32.2 Å². The third-order valence-electron chi connectivity index (χ3n) is 1.95. The Balaban J connectivity index is 2.24. The van der Waals surface area contributed by atoms with Crippen LogP contribution in [0.25, 0.3) is 0 Å². The van der Waals surface area contributed by atoms with E-state index in [1.165, 1.54) is 19.3 Å². The highest BCUT2D eigenvalue weighted by atomic mass is 14.6. The van der Waals surface area contributed by atoms with Crippen LogP contribution in [0.3, 0.4) is 0 Å². The van der Waals surface area contributed by atoms with Gasteiger partial charge in [-0.2, -0.15) is 0 Å². The molecule has 1 rings (SSSR count). The molecule has 0 heterocycles. The molecule has 0 spiro atoms. The van der Waals surface area contributed by atoms with Crippen LogP contribution in [0.15, 0.2) is 0 Å². The number of hydrogen-bond acceptors (Lipinski definition) is 1. The molecule has 1 saturated carbocycles. The van der Waals surface area contributed by atoms with Crippen molar-refractivity contribution in [2.24, 2.45) is 11.7 Å². The minimum absolute atomic E-state index is 0.411. The average Bonchev–Trinajstić information content (AvgIpc) is 2.12. The van der Waals surface area contributed by atoms with Crippen molar-refractivity contribution >= 4 is 0 Å². The molecule has 1 radical (unpaired) electrons. The first-order valence-electron chi connectivity index (χ1n) is 3.38. The largest absolute Gasteiger partial charge is 0.328 e. The van der Waals surface area contributed by atoms with Crippen LogP contribution in [-0.2, 0) is 0 Å². The van der Waals surface area contributed by atoms with Gasteiger partial charge in [0.25, 0.3) is 0 Å². The van der Waals surface area contributed by atoms with Crippen LogP contribution in [0.1, 0.15) is 26.2 Å². The zero-order valence-corrected chi connectivity index (χ0v) is 5.43. The molecule has 1 aliphatic rings. The lowest BCUT2D eigenvalue weighted by Gasteiger charge is -2.11. The zero-order chi connectivity index (χ0) is 5.98. The third-order valence-corrected chi connectivity index (χ3v) is 1.95. The minimum Gasteiger partial charge on any atom is -0.328 e. The first-order chi connectivity index (χ1) is 3.80. The second-order valence-electron chi connectivity index (χ2n) is 2.72. The van der Waals surface area contributed by atoms with Crippen LogP contribution >= 0.6 is 0 Å². The Morgan fingerprint density at radius 1 is 1.75 bits per heavy atom. The summed E-state index contributed by atoms with van der Waals surface area (Å²) in [6, 6.07) is 0.411. The molecule has 1 fully saturated rings. The van der Waals surface area contributed by atoms with Gasteiger partial charge in [-0.15, -0.1) is 0 Å². The third kappa shape index (κ3) is 1.22. The summed E-state index contributed by atoms with van der Waals surface area (Å²) in [6.07, 6.45) is 6.19. The monoisotopic (exact) mass is 112 g/mol. The van der Waals surface area contributed by atoms with Gasteiger partial charge in [0.05, 0.1) is 0 Å². The minimum atomic E-state index is 0.411. The lowest BCUT2D eigenvalue weighted by molar-refractivity contribution is 0.463. The molecular weight excluding hydrogens is 98.1 g/mol. The summed E-state index contributed by atoms with van der Waals surface area (Å²) in [5, 5.41) is 0. The fourth-order valence-corrected chi connectivity index (χ4v) is 1.26. The SMILES string of the molecule is CC(N)C1C[CH]CC1. The summed E-state index contributed by atoms with van der Waals surface area (Å²) in [5.74, 6) is 0.787. The maximum absolute atomic E-state index is 5.68. The van der Waals surface area contributed by atoms with Gasteiger partial charge in [0.15, 0.2) is 0 Å². The van der Waals surface area contributed by atoms with E-state index in [1.807, 2.05) is 0 Å². The highest BCUT2D eigenvalue weighted by Crippen LogP contribution is 2.25. The van der Waals surface area contributed by atoms with Crippen LogP contribution in [0.5, 0.6) is 0 Å². The van der Waals surface area contributed by atoms with Gasteiger partial charge in [-0.1, -0.05) is 0 Å². The highest BCUT2D eigenvalue weighted by molar-refractivity contribution is 4.84. The van der Waals surface area contributed by atoms with Gasteiger partial charge >= 0.3 is 0 Å². The summed E-state index contributed by atoms with van der Waals surface area (Å²) in [5.41, 5.74) is 5.68. The molecule has 8 heavy (non-hydrogen) atoms. The van der Waals surface area contributed by atoms with Gasteiger partial charge in [0.1, 0.15) is 0 Å².